The van der Waals surface area contributed by atoms with Crippen LogP contribution in [-0.4, -0.2) is 27.4 Å². The van der Waals surface area contributed by atoms with Gasteiger partial charge in [-0.05, 0) is 23.6 Å². The fraction of sp³-hybridized carbons (Fsp3) is 0.267. The minimum absolute atomic E-state index is 0.324. The van der Waals surface area contributed by atoms with Gasteiger partial charge in [-0.2, -0.15) is 0 Å². The fourth-order valence-electron chi connectivity index (χ4n) is 2.13. The third-order valence-corrected chi connectivity index (χ3v) is 3.92. The van der Waals surface area contributed by atoms with E-state index >= 15 is 0 Å². The average Bonchev–Trinajstić information content (AvgIpc) is 3.09. The number of ether oxygens (including phenoxy) is 1. The Morgan fingerprint density at radius 3 is 3.00 bits per heavy atom. The van der Waals surface area contributed by atoms with Crippen molar-refractivity contribution in [3.05, 3.63) is 53.0 Å². The predicted octanol–water partition coefficient (Wildman–Crippen LogP) is 2.68. The molecule has 2 aromatic heterocycles. The molecule has 0 unspecified atom stereocenters. The van der Waals surface area contributed by atoms with E-state index in [1.54, 1.807) is 17.7 Å². The summed E-state index contributed by atoms with van der Waals surface area (Å²) < 4.78 is 7.48. The van der Waals surface area contributed by atoms with Crippen molar-refractivity contribution in [1.29, 1.82) is 0 Å². The number of hydrogen-bond acceptors (Lipinski definition) is 4. The van der Waals surface area contributed by atoms with Crippen molar-refractivity contribution in [3.8, 4) is 0 Å². The molecule has 104 valence electrons. The van der Waals surface area contributed by atoms with E-state index in [0.29, 0.717) is 19.8 Å². The number of thiophene rings is 1. The summed E-state index contributed by atoms with van der Waals surface area (Å²) in [5.74, 6) is 0. The molecule has 1 N–H and O–H groups in total. The maximum Gasteiger partial charge on any atom is 0.0959 e. The third-order valence-electron chi connectivity index (χ3n) is 3.07. The fourth-order valence-corrected chi connectivity index (χ4v) is 2.77. The van der Waals surface area contributed by atoms with E-state index in [1.807, 2.05) is 46.3 Å². The van der Waals surface area contributed by atoms with Crippen molar-refractivity contribution in [2.24, 2.45) is 0 Å². The first-order valence-corrected chi connectivity index (χ1v) is 7.39. The SMILES string of the molecule is O[C@H](COCc1cccs1)Cn1cnc2ccccc21. The van der Waals surface area contributed by atoms with Crippen molar-refractivity contribution < 1.29 is 9.84 Å². The number of rotatable bonds is 6. The van der Waals surface area contributed by atoms with Gasteiger partial charge in [0.15, 0.2) is 0 Å². The van der Waals surface area contributed by atoms with Gasteiger partial charge in [0.25, 0.3) is 0 Å². The Morgan fingerprint density at radius 2 is 2.15 bits per heavy atom. The van der Waals surface area contributed by atoms with Gasteiger partial charge in [-0.25, -0.2) is 4.98 Å². The monoisotopic (exact) mass is 288 g/mol. The third kappa shape index (κ3) is 3.07. The molecule has 0 aliphatic carbocycles. The zero-order valence-corrected chi connectivity index (χ0v) is 11.8. The Bertz CT molecular complexity index is 663. The molecule has 4 nitrogen and oxygen atoms in total. The lowest BCUT2D eigenvalue weighted by Gasteiger charge is -2.12. The van der Waals surface area contributed by atoms with Crippen LogP contribution in [-0.2, 0) is 17.9 Å². The van der Waals surface area contributed by atoms with Gasteiger partial charge < -0.3 is 14.4 Å². The first-order valence-electron chi connectivity index (χ1n) is 6.51. The molecule has 3 aromatic rings. The van der Waals surface area contributed by atoms with Crippen LogP contribution in [0.3, 0.4) is 0 Å². The molecule has 5 heteroatoms. The number of aliphatic hydroxyl groups excluding tert-OH is 1. The molecule has 0 radical (unpaired) electrons. The van der Waals surface area contributed by atoms with Crippen LogP contribution in [0, 0.1) is 0 Å². The topological polar surface area (TPSA) is 47.3 Å². The van der Waals surface area contributed by atoms with Crippen LogP contribution in [0.25, 0.3) is 11.0 Å². The van der Waals surface area contributed by atoms with E-state index in [0.717, 1.165) is 11.0 Å². The molecule has 0 spiro atoms. The number of fused-ring (bicyclic) bond motifs is 1. The summed E-state index contributed by atoms with van der Waals surface area (Å²) in [5, 5.41) is 12.1. The van der Waals surface area contributed by atoms with Crippen LogP contribution < -0.4 is 0 Å². The second-order valence-corrected chi connectivity index (χ2v) is 5.67. The summed E-state index contributed by atoms with van der Waals surface area (Å²) in [7, 11) is 0. The number of para-hydroxylation sites is 2. The van der Waals surface area contributed by atoms with Gasteiger partial charge in [-0.15, -0.1) is 11.3 Å². The zero-order valence-electron chi connectivity index (χ0n) is 11.0. The normalized spacial score (nSPS) is 12.8. The van der Waals surface area contributed by atoms with Crippen molar-refractivity contribution in [2.75, 3.05) is 6.61 Å². The number of benzene rings is 1. The van der Waals surface area contributed by atoms with Gasteiger partial charge in [0, 0.05) is 4.88 Å². The highest BCUT2D eigenvalue weighted by Crippen LogP contribution is 2.13. The molecule has 0 amide bonds. The summed E-state index contributed by atoms with van der Waals surface area (Å²) >= 11 is 1.66. The lowest BCUT2D eigenvalue weighted by molar-refractivity contribution is 0.0218. The molecular formula is C15H16N2O2S. The predicted molar refractivity (Wildman–Crippen MR) is 79.7 cm³/mol. The van der Waals surface area contributed by atoms with Crippen molar-refractivity contribution >= 4 is 22.4 Å². The number of nitrogens with zero attached hydrogens (tertiary/aromatic N) is 2. The van der Waals surface area contributed by atoms with Crippen LogP contribution in [0.1, 0.15) is 4.88 Å². The molecule has 20 heavy (non-hydrogen) atoms. The molecule has 2 heterocycles. The number of aliphatic hydroxyl groups is 1. The summed E-state index contributed by atoms with van der Waals surface area (Å²) in [5.41, 5.74) is 1.98. The summed E-state index contributed by atoms with van der Waals surface area (Å²) in [6.07, 6.45) is 1.22. The van der Waals surface area contributed by atoms with Gasteiger partial charge in [-0.3, -0.25) is 0 Å². The maximum absolute atomic E-state index is 10.0. The van der Waals surface area contributed by atoms with Crippen molar-refractivity contribution in [3.63, 3.8) is 0 Å². The Balaban J connectivity index is 1.54. The Kier molecular flexibility index (Phi) is 4.11. The molecule has 0 aliphatic heterocycles. The smallest absolute Gasteiger partial charge is 0.0959 e. The second kappa shape index (κ2) is 6.17. The van der Waals surface area contributed by atoms with Gasteiger partial charge in [0.1, 0.15) is 0 Å². The minimum Gasteiger partial charge on any atom is -0.389 e. The summed E-state index contributed by atoms with van der Waals surface area (Å²) in [4.78, 5) is 5.48. The maximum atomic E-state index is 10.0. The van der Waals surface area contributed by atoms with Gasteiger partial charge in [-0.1, -0.05) is 18.2 Å². The van der Waals surface area contributed by atoms with E-state index in [-0.39, 0.29) is 0 Å². The highest BCUT2D eigenvalue weighted by molar-refractivity contribution is 7.09. The van der Waals surface area contributed by atoms with E-state index in [2.05, 4.69) is 4.98 Å². The van der Waals surface area contributed by atoms with Crippen LogP contribution in [0.15, 0.2) is 48.1 Å². The highest BCUT2D eigenvalue weighted by Gasteiger charge is 2.08. The molecule has 0 saturated heterocycles. The lowest BCUT2D eigenvalue weighted by Crippen LogP contribution is -2.21. The van der Waals surface area contributed by atoms with Crippen LogP contribution >= 0.6 is 11.3 Å². The van der Waals surface area contributed by atoms with Crippen molar-refractivity contribution in [1.82, 2.24) is 9.55 Å². The van der Waals surface area contributed by atoms with E-state index < -0.39 is 6.10 Å². The highest BCUT2D eigenvalue weighted by atomic mass is 32.1. The first kappa shape index (κ1) is 13.3. The van der Waals surface area contributed by atoms with E-state index in [4.69, 9.17) is 4.74 Å². The Morgan fingerprint density at radius 1 is 1.25 bits per heavy atom. The molecule has 1 aromatic carbocycles. The zero-order chi connectivity index (χ0) is 13.8. The quantitative estimate of drug-likeness (QED) is 0.758. The molecule has 0 fully saturated rings. The molecule has 3 rings (SSSR count). The molecule has 0 saturated carbocycles. The van der Waals surface area contributed by atoms with Crippen LogP contribution in [0.2, 0.25) is 0 Å². The largest absolute Gasteiger partial charge is 0.389 e. The molecule has 1 atom stereocenters. The van der Waals surface area contributed by atoms with Crippen molar-refractivity contribution in [2.45, 2.75) is 19.3 Å². The van der Waals surface area contributed by atoms with Gasteiger partial charge in [0.2, 0.25) is 0 Å². The van der Waals surface area contributed by atoms with Crippen LogP contribution in [0.4, 0.5) is 0 Å². The van der Waals surface area contributed by atoms with E-state index in [1.165, 1.54) is 4.88 Å². The van der Waals surface area contributed by atoms with Gasteiger partial charge >= 0.3 is 0 Å². The summed E-state index contributed by atoms with van der Waals surface area (Å²) in [6.45, 7) is 1.37. The summed E-state index contributed by atoms with van der Waals surface area (Å²) in [6, 6.07) is 11.9. The Labute approximate surface area is 121 Å². The lowest BCUT2D eigenvalue weighted by atomic mass is 10.3. The minimum atomic E-state index is -0.535. The van der Waals surface area contributed by atoms with E-state index in [9.17, 15) is 5.11 Å². The number of hydrogen-bond donors (Lipinski definition) is 1. The number of aromatic nitrogens is 2. The molecule has 0 aliphatic rings. The average molecular weight is 288 g/mol. The molecule has 0 bridgehead atoms. The molecular weight excluding hydrogens is 272 g/mol. The Hall–Kier alpha value is -1.69. The standard InChI is InChI=1S/C15H16N2O2S/c18-12(9-19-10-13-4-3-7-20-13)8-17-11-16-14-5-1-2-6-15(14)17/h1-7,11-12,18H,8-10H2/t12-/m0/s1. The second-order valence-electron chi connectivity index (χ2n) is 4.63. The van der Waals surface area contributed by atoms with Crippen LogP contribution in [0.5, 0.6) is 0 Å². The van der Waals surface area contributed by atoms with Gasteiger partial charge in [0.05, 0.1) is 43.2 Å². The first-order chi connectivity index (χ1) is 9.83. The number of imidazole rings is 1.